The maximum atomic E-state index is 12.7. The molecule has 0 aliphatic carbocycles. The lowest BCUT2D eigenvalue weighted by Gasteiger charge is -2.24. The Hall–Kier alpha value is -2.71. The fourth-order valence-electron chi connectivity index (χ4n) is 3.55. The van der Waals surface area contributed by atoms with Gasteiger partial charge in [0.15, 0.2) is 9.84 Å². The molecule has 0 atom stereocenters. The Labute approximate surface area is 177 Å². The van der Waals surface area contributed by atoms with E-state index in [-0.39, 0.29) is 5.75 Å². The number of hydrogen-bond donors (Lipinski definition) is 2. The summed E-state index contributed by atoms with van der Waals surface area (Å²) in [4.78, 5) is 11.9. The molecule has 0 fully saturated rings. The smallest absolute Gasteiger partial charge is 0.228 e. The number of nitrogens with two attached hydrogens (primary N) is 1. The largest absolute Gasteiger partial charge is 0.368 e. The Balaban J connectivity index is 1.78. The molecular formula is C22H27N5O2S. The molecule has 158 valence electrons. The van der Waals surface area contributed by atoms with Gasteiger partial charge in [0.2, 0.25) is 5.95 Å². The normalized spacial score (nSPS) is 16.2. The molecule has 2 heterocycles. The van der Waals surface area contributed by atoms with Gasteiger partial charge in [-0.1, -0.05) is 29.8 Å². The Morgan fingerprint density at radius 1 is 1.17 bits per heavy atom. The molecular weight excluding hydrogens is 398 g/mol. The molecule has 0 unspecified atom stereocenters. The summed E-state index contributed by atoms with van der Waals surface area (Å²) in [5.41, 5.74) is 8.44. The minimum Gasteiger partial charge on any atom is -0.368 e. The summed E-state index contributed by atoms with van der Waals surface area (Å²) in [6.07, 6.45) is 0. The van der Waals surface area contributed by atoms with E-state index >= 15 is 0 Å². The molecule has 0 saturated carbocycles. The van der Waals surface area contributed by atoms with Crippen LogP contribution in [0.5, 0.6) is 0 Å². The van der Waals surface area contributed by atoms with Gasteiger partial charge in [-0.2, -0.15) is 4.98 Å². The minimum atomic E-state index is -3.34. The van der Waals surface area contributed by atoms with Gasteiger partial charge in [-0.05, 0) is 44.5 Å². The zero-order valence-corrected chi connectivity index (χ0v) is 18.3. The number of hydrogen-bond acceptors (Lipinski definition) is 7. The highest BCUT2D eigenvalue weighted by atomic mass is 32.2. The van der Waals surface area contributed by atoms with Crippen LogP contribution in [0.2, 0.25) is 0 Å². The van der Waals surface area contributed by atoms with Gasteiger partial charge in [-0.25, -0.2) is 13.4 Å². The molecule has 4 rings (SSSR count). The average molecular weight is 426 g/mol. The lowest BCUT2D eigenvalue weighted by Crippen LogP contribution is -2.40. The predicted octanol–water partition coefficient (Wildman–Crippen LogP) is 2.88. The fourth-order valence-corrected chi connectivity index (χ4v) is 5.05. The Morgan fingerprint density at radius 3 is 2.70 bits per heavy atom. The summed E-state index contributed by atoms with van der Waals surface area (Å²) in [5.74, 6) is 1.24. The number of nitrogens with one attached hydrogen (secondary N) is 1. The van der Waals surface area contributed by atoms with Gasteiger partial charge in [-0.15, -0.1) is 0 Å². The van der Waals surface area contributed by atoms with Crippen LogP contribution in [0, 0.1) is 6.92 Å². The van der Waals surface area contributed by atoms with Crippen LogP contribution < -0.4 is 16.0 Å². The number of benzene rings is 2. The Bertz CT molecular complexity index is 1200. The van der Waals surface area contributed by atoms with Crippen LogP contribution in [0.25, 0.3) is 10.9 Å². The summed E-state index contributed by atoms with van der Waals surface area (Å²) >= 11 is 0. The molecule has 0 spiro atoms. The molecule has 8 heteroatoms. The first kappa shape index (κ1) is 20.6. The molecule has 1 aliphatic heterocycles. The maximum absolute atomic E-state index is 12.7. The fraction of sp³-hybridized carbons (Fsp3) is 0.364. The van der Waals surface area contributed by atoms with Crippen molar-refractivity contribution < 1.29 is 8.42 Å². The van der Waals surface area contributed by atoms with Crippen LogP contribution in [0.15, 0.2) is 47.4 Å². The number of sulfone groups is 1. The first-order valence-corrected chi connectivity index (χ1v) is 11.6. The van der Waals surface area contributed by atoms with E-state index in [1.165, 1.54) is 0 Å². The first-order chi connectivity index (χ1) is 14.1. The van der Waals surface area contributed by atoms with E-state index < -0.39 is 15.4 Å². The molecule has 3 aromatic rings. The predicted molar refractivity (Wildman–Crippen MR) is 121 cm³/mol. The van der Waals surface area contributed by atoms with Crippen molar-refractivity contribution in [2.45, 2.75) is 37.8 Å². The highest BCUT2D eigenvalue weighted by molar-refractivity contribution is 7.91. The molecule has 7 nitrogen and oxygen atoms in total. The number of fused-ring (bicyclic) bond motifs is 2. The van der Waals surface area contributed by atoms with Gasteiger partial charge in [0.05, 0.1) is 16.2 Å². The van der Waals surface area contributed by atoms with Gasteiger partial charge in [0.25, 0.3) is 0 Å². The third-order valence-corrected chi connectivity index (χ3v) is 6.92. The Morgan fingerprint density at radius 2 is 1.93 bits per heavy atom. The van der Waals surface area contributed by atoms with E-state index in [9.17, 15) is 8.42 Å². The molecule has 0 radical (unpaired) electrons. The number of anilines is 2. The summed E-state index contributed by atoms with van der Waals surface area (Å²) in [7, 11) is -3.34. The SMILES string of the molecule is Cc1ccc2nc(N3CCS(=O)(=O)c4ccccc4C3)nc(NCC(C)(C)N)c2c1. The van der Waals surface area contributed by atoms with Gasteiger partial charge in [0, 0.05) is 30.6 Å². The minimum absolute atomic E-state index is 0.0257. The van der Waals surface area contributed by atoms with Gasteiger partial charge >= 0.3 is 0 Å². The van der Waals surface area contributed by atoms with E-state index in [0.29, 0.717) is 36.3 Å². The van der Waals surface area contributed by atoms with Gasteiger partial charge in [0.1, 0.15) is 5.82 Å². The monoisotopic (exact) mass is 425 g/mol. The Kier molecular flexibility index (Phi) is 5.15. The maximum Gasteiger partial charge on any atom is 0.228 e. The molecule has 0 amide bonds. The molecule has 3 N–H and O–H groups in total. The molecule has 2 aromatic carbocycles. The molecule has 0 saturated heterocycles. The van der Waals surface area contributed by atoms with Gasteiger partial charge < -0.3 is 16.0 Å². The van der Waals surface area contributed by atoms with Crippen molar-refractivity contribution in [2.24, 2.45) is 5.73 Å². The van der Waals surface area contributed by atoms with Crippen LogP contribution in [0.3, 0.4) is 0 Å². The van der Waals surface area contributed by atoms with Crippen LogP contribution in [-0.4, -0.2) is 42.8 Å². The third kappa shape index (κ3) is 4.24. The van der Waals surface area contributed by atoms with Crippen molar-refractivity contribution in [3.8, 4) is 0 Å². The van der Waals surface area contributed by atoms with E-state index in [1.807, 2.05) is 56.0 Å². The van der Waals surface area contributed by atoms with Crippen molar-refractivity contribution in [3.63, 3.8) is 0 Å². The van der Waals surface area contributed by atoms with Crippen molar-refractivity contribution in [2.75, 3.05) is 29.1 Å². The molecule has 1 aliphatic rings. The van der Waals surface area contributed by atoms with Crippen molar-refractivity contribution >= 4 is 32.5 Å². The molecule has 0 bridgehead atoms. The summed E-state index contributed by atoms with van der Waals surface area (Å²) in [6.45, 7) is 7.24. The highest BCUT2D eigenvalue weighted by Gasteiger charge is 2.27. The lowest BCUT2D eigenvalue weighted by molar-refractivity contribution is 0.548. The number of nitrogens with zero attached hydrogens (tertiary/aromatic N) is 3. The summed E-state index contributed by atoms with van der Waals surface area (Å²) in [6, 6.07) is 13.2. The topological polar surface area (TPSA) is 101 Å². The number of aryl methyl sites for hydroxylation is 1. The lowest BCUT2D eigenvalue weighted by atomic mass is 10.1. The molecule has 1 aromatic heterocycles. The van der Waals surface area contributed by atoms with Crippen LogP contribution >= 0.6 is 0 Å². The van der Waals surface area contributed by atoms with Crippen LogP contribution in [0.4, 0.5) is 11.8 Å². The van der Waals surface area contributed by atoms with Crippen molar-refractivity contribution in [1.29, 1.82) is 0 Å². The number of rotatable bonds is 4. The van der Waals surface area contributed by atoms with E-state index in [0.717, 1.165) is 22.0 Å². The van der Waals surface area contributed by atoms with Crippen molar-refractivity contribution in [1.82, 2.24) is 9.97 Å². The zero-order chi connectivity index (χ0) is 21.5. The zero-order valence-electron chi connectivity index (χ0n) is 17.5. The second kappa shape index (κ2) is 7.52. The van der Waals surface area contributed by atoms with Crippen LogP contribution in [0.1, 0.15) is 25.0 Å². The standard InChI is InChI=1S/C22H27N5O2S/c1-15-8-9-18-17(12-15)20(24-14-22(2,3)23)26-21(25-18)27-10-11-30(28,29)19-7-5-4-6-16(19)13-27/h4-9,12H,10-11,13-14,23H2,1-3H3,(H,24,25,26). The second-order valence-corrected chi connectivity index (χ2v) is 10.7. The van der Waals surface area contributed by atoms with E-state index in [1.54, 1.807) is 12.1 Å². The van der Waals surface area contributed by atoms with Crippen LogP contribution in [-0.2, 0) is 16.4 Å². The summed E-state index contributed by atoms with van der Waals surface area (Å²) in [5, 5.41) is 4.29. The first-order valence-electron chi connectivity index (χ1n) is 9.99. The quantitative estimate of drug-likeness (QED) is 0.663. The van der Waals surface area contributed by atoms with Crippen molar-refractivity contribution in [3.05, 3.63) is 53.6 Å². The van der Waals surface area contributed by atoms with Gasteiger partial charge in [-0.3, -0.25) is 0 Å². The average Bonchev–Trinajstić information content (AvgIpc) is 2.82. The summed E-state index contributed by atoms with van der Waals surface area (Å²) < 4.78 is 25.4. The second-order valence-electron chi connectivity index (χ2n) is 8.58. The van der Waals surface area contributed by atoms with E-state index in [2.05, 4.69) is 5.32 Å². The molecule has 30 heavy (non-hydrogen) atoms. The number of aromatic nitrogens is 2. The highest BCUT2D eigenvalue weighted by Crippen LogP contribution is 2.28. The third-order valence-electron chi connectivity index (χ3n) is 5.13. The van der Waals surface area contributed by atoms with E-state index in [4.69, 9.17) is 15.7 Å².